The summed E-state index contributed by atoms with van der Waals surface area (Å²) in [4.78, 5) is 14.2. The third-order valence-electron chi connectivity index (χ3n) is 3.51. The van der Waals surface area contributed by atoms with Crippen LogP contribution < -0.4 is 10.1 Å². The van der Waals surface area contributed by atoms with E-state index in [-0.39, 0.29) is 23.7 Å². The first kappa shape index (κ1) is 16.5. The van der Waals surface area contributed by atoms with Gasteiger partial charge in [-0.05, 0) is 30.4 Å². The second-order valence-electron chi connectivity index (χ2n) is 5.11. The molecule has 0 spiro atoms. The van der Waals surface area contributed by atoms with Crippen molar-refractivity contribution in [2.75, 3.05) is 24.7 Å². The predicted molar refractivity (Wildman–Crippen MR) is 91.8 cm³/mol. The molecule has 0 radical (unpaired) electrons. The number of halogens is 1. The minimum absolute atomic E-state index is 0.0855. The Balaban J connectivity index is 1.93. The third-order valence-corrected chi connectivity index (χ3v) is 4.90. The van der Waals surface area contributed by atoms with Crippen LogP contribution in [-0.2, 0) is 14.8 Å². The number of hydrogen-bond donors (Lipinski definition) is 1. The van der Waals surface area contributed by atoms with Crippen molar-refractivity contribution in [3.8, 4) is 5.75 Å². The van der Waals surface area contributed by atoms with Gasteiger partial charge in [0.25, 0.3) is 15.9 Å². The second-order valence-corrected chi connectivity index (χ2v) is 7.31. The lowest BCUT2D eigenvalue weighted by atomic mass is 10.1. The van der Waals surface area contributed by atoms with E-state index in [4.69, 9.17) is 16.3 Å². The molecule has 1 N–H and O–H groups in total. The van der Waals surface area contributed by atoms with E-state index in [1.54, 1.807) is 35.4 Å². The Bertz CT molecular complexity index is 890. The lowest BCUT2D eigenvalue weighted by Crippen LogP contribution is -2.40. The quantitative estimate of drug-likeness (QED) is 0.879. The molecule has 0 aromatic heterocycles. The van der Waals surface area contributed by atoms with Crippen LogP contribution in [0.25, 0.3) is 0 Å². The summed E-state index contributed by atoms with van der Waals surface area (Å²) in [6.45, 7) is 0.253. The van der Waals surface area contributed by atoms with Crippen LogP contribution in [0.5, 0.6) is 5.75 Å². The summed E-state index contributed by atoms with van der Waals surface area (Å²) in [5.41, 5.74) is 0.541. The van der Waals surface area contributed by atoms with Gasteiger partial charge in [-0.25, -0.2) is 8.42 Å². The number of allylic oxidation sites excluding steroid dienone is 2. The number of hydrogen-bond acceptors (Lipinski definition) is 5. The average molecular weight is 368 g/mol. The van der Waals surface area contributed by atoms with Crippen molar-refractivity contribution in [2.24, 2.45) is 4.40 Å². The molecule has 7 nitrogen and oxygen atoms in total. The molecular formula is C15H14ClN3O4S. The minimum atomic E-state index is -3.57. The van der Waals surface area contributed by atoms with E-state index in [9.17, 15) is 13.2 Å². The van der Waals surface area contributed by atoms with E-state index in [0.29, 0.717) is 16.5 Å². The van der Waals surface area contributed by atoms with Gasteiger partial charge in [-0.15, -0.1) is 4.40 Å². The van der Waals surface area contributed by atoms with Gasteiger partial charge in [0.05, 0.1) is 24.1 Å². The first-order valence-electron chi connectivity index (χ1n) is 7.03. The number of nitrogens with one attached hydrogen (secondary N) is 1. The number of amidine groups is 1. The standard InChI is InChI=1S/C15H14ClN3O4S/c1-23-13-5-4-10(16)9-12(13)17-15(20)11-3-2-6-19-7-8-24(21,22)18-14(11)19/h2-6,9H,7-8H2,1H3,(H,17,20). The van der Waals surface area contributed by atoms with E-state index < -0.39 is 15.9 Å². The SMILES string of the molecule is COc1ccc(Cl)cc1NC(=O)C1=CC=CN2CCS(=O)(=O)N=C12. The molecule has 126 valence electrons. The number of anilines is 1. The highest BCUT2D eigenvalue weighted by atomic mass is 35.5. The molecule has 0 fully saturated rings. The van der Waals surface area contributed by atoms with Gasteiger partial charge in [0, 0.05) is 17.8 Å². The molecule has 2 aliphatic heterocycles. The van der Waals surface area contributed by atoms with Crippen LogP contribution in [0.2, 0.25) is 5.02 Å². The van der Waals surface area contributed by atoms with Crippen molar-refractivity contribution in [3.63, 3.8) is 0 Å². The molecule has 0 bridgehead atoms. The lowest BCUT2D eigenvalue weighted by molar-refractivity contribution is -0.112. The molecule has 24 heavy (non-hydrogen) atoms. The summed E-state index contributed by atoms with van der Waals surface area (Å²) in [5, 5.41) is 3.11. The van der Waals surface area contributed by atoms with Crippen molar-refractivity contribution in [2.45, 2.75) is 0 Å². The van der Waals surface area contributed by atoms with Gasteiger partial charge in [-0.1, -0.05) is 11.6 Å². The zero-order valence-corrected chi connectivity index (χ0v) is 14.3. The van der Waals surface area contributed by atoms with Gasteiger partial charge in [0.15, 0.2) is 5.84 Å². The van der Waals surface area contributed by atoms with Crippen molar-refractivity contribution in [1.29, 1.82) is 0 Å². The maximum absolute atomic E-state index is 12.6. The topological polar surface area (TPSA) is 88.1 Å². The van der Waals surface area contributed by atoms with Crippen LogP contribution in [-0.4, -0.2) is 44.5 Å². The predicted octanol–water partition coefficient (Wildman–Crippen LogP) is 1.78. The number of carbonyl (C=O) groups is 1. The van der Waals surface area contributed by atoms with E-state index >= 15 is 0 Å². The molecule has 2 heterocycles. The average Bonchev–Trinajstić information content (AvgIpc) is 2.53. The molecule has 0 atom stereocenters. The fraction of sp³-hybridized carbons (Fsp3) is 0.200. The highest BCUT2D eigenvalue weighted by Crippen LogP contribution is 2.28. The van der Waals surface area contributed by atoms with Crippen molar-refractivity contribution < 1.29 is 17.9 Å². The van der Waals surface area contributed by atoms with Crippen molar-refractivity contribution in [1.82, 2.24) is 4.90 Å². The Labute approximate surface area is 144 Å². The molecule has 0 saturated heterocycles. The zero-order chi connectivity index (χ0) is 17.3. The minimum Gasteiger partial charge on any atom is -0.495 e. The lowest BCUT2D eigenvalue weighted by Gasteiger charge is -2.28. The van der Waals surface area contributed by atoms with Crippen LogP contribution in [0.4, 0.5) is 5.69 Å². The second kappa shape index (κ2) is 6.29. The highest BCUT2D eigenvalue weighted by molar-refractivity contribution is 7.90. The number of sulfonamides is 1. The fourth-order valence-electron chi connectivity index (χ4n) is 2.36. The van der Waals surface area contributed by atoms with Crippen LogP contribution in [0.15, 0.2) is 46.5 Å². The van der Waals surface area contributed by atoms with Crippen LogP contribution in [0, 0.1) is 0 Å². The number of rotatable bonds is 3. The Morgan fingerprint density at radius 1 is 1.42 bits per heavy atom. The Morgan fingerprint density at radius 3 is 2.96 bits per heavy atom. The van der Waals surface area contributed by atoms with Crippen LogP contribution in [0.1, 0.15) is 0 Å². The molecule has 2 aliphatic rings. The first-order chi connectivity index (χ1) is 11.4. The smallest absolute Gasteiger partial charge is 0.259 e. The first-order valence-corrected chi connectivity index (χ1v) is 9.01. The van der Waals surface area contributed by atoms with Gasteiger partial charge in [-0.2, -0.15) is 0 Å². The number of fused-ring (bicyclic) bond motifs is 1. The van der Waals surface area contributed by atoms with Gasteiger partial charge >= 0.3 is 0 Å². The molecule has 1 aromatic carbocycles. The zero-order valence-electron chi connectivity index (χ0n) is 12.7. The Hall–Kier alpha value is -2.32. The van der Waals surface area contributed by atoms with Gasteiger partial charge in [-0.3, -0.25) is 4.79 Å². The molecule has 9 heteroatoms. The third kappa shape index (κ3) is 3.29. The molecule has 0 saturated carbocycles. The van der Waals surface area contributed by atoms with E-state index in [1.807, 2.05) is 0 Å². The summed E-state index contributed by atoms with van der Waals surface area (Å²) >= 11 is 5.95. The van der Waals surface area contributed by atoms with Gasteiger partial charge < -0.3 is 15.0 Å². The summed E-state index contributed by atoms with van der Waals surface area (Å²) in [7, 11) is -2.09. The summed E-state index contributed by atoms with van der Waals surface area (Å²) in [6, 6.07) is 4.81. The number of methoxy groups -OCH3 is 1. The van der Waals surface area contributed by atoms with Crippen molar-refractivity contribution in [3.05, 3.63) is 47.1 Å². The molecular weight excluding hydrogens is 354 g/mol. The van der Waals surface area contributed by atoms with Gasteiger partial charge in [0.1, 0.15) is 5.75 Å². The van der Waals surface area contributed by atoms with E-state index in [2.05, 4.69) is 9.71 Å². The molecule has 0 unspecified atom stereocenters. The number of benzene rings is 1. The molecule has 0 aliphatic carbocycles. The van der Waals surface area contributed by atoms with Crippen LogP contribution >= 0.6 is 11.6 Å². The maximum Gasteiger partial charge on any atom is 0.259 e. The molecule has 1 aromatic rings. The number of ether oxygens (including phenoxy) is 1. The molecule has 1 amide bonds. The summed E-state index contributed by atoms with van der Waals surface area (Å²) in [6.07, 6.45) is 4.87. The Kier molecular flexibility index (Phi) is 4.33. The molecule has 3 rings (SSSR count). The van der Waals surface area contributed by atoms with Crippen molar-refractivity contribution >= 4 is 39.1 Å². The normalized spacial score (nSPS) is 18.3. The summed E-state index contributed by atoms with van der Waals surface area (Å²) < 4.78 is 32.4. The largest absolute Gasteiger partial charge is 0.495 e. The maximum atomic E-state index is 12.6. The highest BCUT2D eigenvalue weighted by Gasteiger charge is 2.30. The Morgan fingerprint density at radius 2 is 2.21 bits per heavy atom. The van der Waals surface area contributed by atoms with E-state index in [0.717, 1.165) is 0 Å². The van der Waals surface area contributed by atoms with Gasteiger partial charge in [0.2, 0.25) is 0 Å². The fourth-order valence-corrected chi connectivity index (χ4v) is 3.52. The number of amides is 1. The number of carbonyl (C=O) groups excluding carboxylic acids is 1. The summed E-state index contributed by atoms with van der Waals surface area (Å²) in [5.74, 6) is -0.0320. The monoisotopic (exact) mass is 367 g/mol. The number of nitrogens with zero attached hydrogens (tertiary/aromatic N) is 2. The van der Waals surface area contributed by atoms with E-state index in [1.165, 1.54) is 13.2 Å². The van der Waals surface area contributed by atoms with Crippen LogP contribution in [0.3, 0.4) is 0 Å².